The Hall–Kier alpha value is -5.49. The van der Waals surface area contributed by atoms with Gasteiger partial charge in [0.25, 0.3) is 0 Å². The van der Waals surface area contributed by atoms with E-state index in [1.807, 2.05) is 6.08 Å². The van der Waals surface area contributed by atoms with Crippen molar-refractivity contribution in [3.8, 4) is 0 Å². The van der Waals surface area contributed by atoms with Crippen molar-refractivity contribution in [3.63, 3.8) is 0 Å². The van der Waals surface area contributed by atoms with Gasteiger partial charge in [-0.2, -0.15) is 0 Å². The molecule has 0 rings (SSSR count). The van der Waals surface area contributed by atoms with Crippen LogP contribution < -0.4 is 0 Å². The molecule has 6 nitrogen and oxygen atoms in total. The van der Waals surface area contributed by atoms with E-state index in [0.29, 0.717) is 19.3 Å². The lowest BCUT2D eigenvalue weighted by molar-refractivity contribution is -0.166. The summed E-state index contributed by atoms with van der Waals surface area (Å²) in [7, 11) is 0. The SMILES string of the molecule is CC/C=C\C/C=C\C/C=C\C/C=C\C/C=C\C/C=C\C/C=C\C/C=C\CCCCCCCCCCCCC(=O)OCC(COC(=O)CCCCCCC/C=C\C/C=C\CCCCC)OC(=O)C/C=C\C/C=C\C/C=C\C/C=C\C/C=C\CC. The van der Waals surface area contributed by atoms with Crippen molar-refractivity contribution in [1.82, 2.24) is 0 Å². The highest BCUT2D eigenvalue weighted by Crippen LogP contribution is 2.14. The topological polar surface area (TPSA) is 78.9 Å². The average molecular weight is 1140 g/mol. The Morgan fingerprint density at radius 2 is 0.506 bits per heavy atom. The molecule has 0 heterocycles. The van der Waals surface area contributed by atoms with Crippen molar-refractivity contribution in [2.75, 3.05) is 13.2 Å². The summed E-state index contributed by atoms with van der Waals surface area (Å²) >= 11 is 0. The standard InChI is InChI=1S/C77H120O6/c1-4-7-10-13-16-19-22-25-28-29-30-31-32-33-34-35-36-37-38-39-40-41-42-43-44-45-46-47-50-52-55-58-61-64-67-70-76(79)82-73-74(83-77(80)71-68-65-62-59-56-53-49-27-24-21-18-15-12-9-6-3)72-81-75(78)69-66-63-60-57-54-51-48-26-23-20-17-14-11-8-5-2/h7,9-10,12,16-21,25-28,30-31,33-34,36-37,39-40,42-43,48-49,56,59,65,68,74H,4-6,8,11,13-15,22-24,29,32,35,38,41,44-47,50-55,57-58,60-64,66-67,69-73H2,1-3H3/b10-7-,12-9-,19-16-,20-17-,21-18-,28-25-,31-30-,34-33-,37-36-,40-39-,43-42-,48-26-,49-27-,59-56-,68-65-. The molecule has 0 N–H and O–H groups in total. The molecule has 0 aromatic heterocycles. The van der Waals surface area contributed by atoms with Gasteiger partial charge in [-0.3, -0.25) is 14.4 Å². The minimum Gasteiger partial charge on any atom is -0.462 e. The molecule has 0 fully saturated rings. The van der Waals surface area contributed by atoms with Crippen LogP contribution in [0.2, 0.25) is 0 Å². The van der Waals surface area contributed by atoms with Gasteiger partial charge < -0.3 is 14.2 Å². The van der Waals surface area contributed by atoms with Crippen LogP contribution in [-0.4, -0.2) is 37.2 Å². The number of carbonyl (C=O) groups is 3. The molecule has 0 radical (unpaired) electrons. The van der Waals surface area contributed by atoms with Crippen molar-refractivity contribution in [2.24, 2.45) is 0 Å². The number of ether oxygens (including phenoxy) is 3. The summed E-state index contributed by atoms with van der Waals surface area (Å²) in [5.41, 5.74) is 0. The largest absolute Gasteiger partial charge is 0.462 e. The first-order chi connectivity index (χ1) is 41.0. The average Bonchev–Trinajstić information content (AvgIpc) is 3.49. The molecule has 6 heteroatoms. The first kappa shape index (κ1) is 77.5. The predicted octanol–water partition coefficient (Wildman–Crippen LogP) is 23.2. The molecule has 0 bridgehead atoms. The van der Waals surface area contributed by atoms with Gasteiger partial charge >= 0.3 is 17.9 Å². The monoisotopic (exact) mass is 1140 g/mol. The summed E-state index contributed by atoms with van der Waals surface area (Å²) in [6.45, 7) is 6.28. The van der Waals surface area contributed by atoms with Crippen LogP contribution in [-0.2, 0) is 28.6 Å². The lowest BCUT2D eigenvalue weighted by Gasteiger charge is -2.18. The fraction of sp³-hybridized carbons (Fsp3) is 0.571. The highest BCUT2D eigenvalue weighted by Gasteiger charge is 2.19. The van der Waals surface area contributed by atoms with Gasteiger partial charge in [-0.1, -0.05) is 287 Å². The number of esters is 3. The maximum atomic E-state index is 12.8. The van der Waals surface area contributed by atoms with Crippen molar-refractivity contribution in [1.29, 1.82) is 0 Å². The molecule has 1 atom stereocenters. The van der Waals surface area contributed by atoms with E-state index < -0.39 is 12.1 Å². The Bertz CT molecular complexity index is 1940. The number of carbonyl (C=O) groups excluding carboxylic acids is 3. The molecule has 464 valence electrons. The van der Waals surface area contributed by atoms with Crippen LogP contribution >= 0.6 is 0 Å². The number of unbranched alkanes of at least 4 members (excludes halogenated alkanes) is 18. The van der Waals surface area contributed by atoms with Gasteiger partial charge in [0.1, 0.15) is 13.2 Å². The zero-order chi connectivity index (χ0) is 59.9. The third kappa shape index (κ3) is 67.2. The van der Waals surface area contributed by atoms with Crippen molar-refractivity contribution in [3.05, 3.63) is 182 Å². The van der Waals surface area contributed by atoms with Crippen LogP contribution in [0, 0.1) is 0 Å². The first-order valence-electron chi connectivity index (χ1n) is 33.3. The van der Waals surface area contributed by atoms with Crippen molar-refractivity contribution < 1.29 is 28.6 Å². The third-order valence-corrected chi connectivity index (χ3v) is 13.4. The molecule has 0 aliphatic heterocycles. The Balaban J connectivity index is 4.34. The van der Waals surface area contributed by atoms with Crippen LogP contribution in [0.25, 0.3) is 0 Å². The zero-order valence-electron chi connectivity index (χ0n) is 53.1. The number of hydrogen-bond donors (Lipinski definition) is 0. The number of hydrogen-bond acceptors (Lipinski definition) is 6. The van der Waals surface area contributed by atoms with Gasteiger partial charge in [0.2, 0.25) is 0 Å². The minimum absolute atomic E-state index is 0.0851. The molecule has 83 heavy (non-hydrogen) atoms. The van der Waals surface area contributed by atoms with Gasteiger partial charge in [-0.15, -0.1) is 0 Å². The molecule has 0 aromatic rings. The van der Waals surface area contributed by atoms with Crippen LogP contribution in [0.3, 0.4) is 0 Å². The summed E-state index contributed by atoms with van der Waals surface area (Å²) in [6.07, 6.45) is 104. The quantitative estimate of drug-likeness (QED) is 0.0261. The zero-order valence-corrected chi connectivity index (χ0v) is 53.1. The van der Waals surface area contributed by atoms with Crippen LogP contribution in [0.4, 0.5) is 0 Å². The molecular weight excluding hydrogens is 1020 g/mol. The molecule has 0 spiro atoms. The molecule has 0 saturated heterocycles. The predicted molar refractivity (Wildman–Crippen MR) is 361 cm³/mol. The summed E-state index contributed by atoms with van der Waals surface area (Å²) < 4.78 is 16.8. The summed E-state index contributed by atoms with van der Waals surface area (Å²) in [5.74, 6) is -1.09. The normalized spacial score (nSPS) is 13.3. The van der Waals surface area contributed by atoms with Crippen LogP contribution in [0.15, 0.2) is 182 Å². The van der Waals surface area contributed by atoms with E-state index in [1.54, 1.807) is 6.08 Å². The molecular formula is C77H120O6. The van der Waals surface area contributed by atoms with Gasteiger partial charge in [0, 0.05) is 12.8 Å². The van der Waals surface area contributed by atoms with Crippen LogP contribution in [0.5, 0.6) is 0 Å². The first-order valence-corrected chi connectivity index (χ1v) is 33.3. The van der Waals surface area contributed by atoms with Gasteiger partial charge in [0.15, 0.2) is 6.10 Å². The highest BCUT2D eigenvalue weighted by molar-refractivity contribution is 5.72. The van der Waals surface area contributed by atoms with Crippen molar-refractivity contribution >= 4 is 17.9 Å². The lowest BCUT2D eigenvalue weighted by atomic mass is 10.1. The van der Waals surface area contributed by atoms with E-state index in [4.69, 9.17) is 14.2 Å². The van der Waals surface area contributed by atoms with Gasteiger partial charge in [0.05, 0.1) is 6.42 Å². The van der Waals surface area contributed by atoms with E-state index in [2.05, 4.69) is 191 Å². The lowest BCUT2D eigenvalue weighted by Crippen LogP contribution is -2.30. The minimum atomic E-state index is -0.850. The molecule has 0 aliphatic carbocycles. The number of allylic oxidation sites excluding steroid dienone is 29. The summed E-state index contributed by atoms with van der Waals surface area (Å²) in [5, 5.41) is 0. The van der Waals surface area contributed by atoms with Gasteiger partial charge in [-0.25, -0.2) is 0 Å². The summed E-state index contributed by atoms with van der Waals surface area (Å²) in [4.78, 5) is 38.2. The maximum Gasteiger partial charge on any atom is 0.310 e. The second-order valence-electron chi connectivity index (χ2n) is 21.3. The highest BCUT2D eigenvalue weighted by atomic mass is 16.6. The Kier molecular flexibility index (Phi) is 64.4. The van der Waals surface area contributed by atoms with E-state index >= 15 is 0 Å². The van der Waals surface area contributed by atoms with E-state index in [9.17, 15) is 14.4 Å². The fourth-order valence-corrected chi connectivity index (χ4v) is 8.50. The third-order valence-electron chi connectivity index (χ3n) is 13.4. The molecule has 0 saturated carbocycles. The van der Waals surface area contributed by atoms with E-state index in [0.717, 1.165) is 148 Å². The number of rotatable bonds is 58. The second kappa shape index (κ2) is 69.0. The van der Waals surface area contributed by atoms with Crippen molar-refractivity contribution in [2.45, 2.75) is 271 Å². The van der Waals surface area contributed by atoms with Crippen LogP contribution in [0.1, 0.15) is 265 Å². The van der Waals surface area contributed by atoms with Gasteiger partial charge in [-0.05, 0) is 141 Å². The molecule has 0 aromatic carbocycles. The van der Waals surface area contributed by atoms with E-state index in [-0.39, 0.29) is 31.6 Å². The smallest absolute Gasteiger partial charge is 0.310 e. The molecule has 1 unspecified atom stereocenters. The summed E-state index contributed by atoms with van der Waals surface area (Å²) in [6, 6.07) is 0. The molecule has 0 amide bonds. The molecule has 0 aliphatic rings. The Morgan fingerprint density at radius 1 is 0.265 bits per heavy atom. The Labute approximate surface area is 510 Å². The van der Waals surface area contributed by atoms with E-state index in [1.165, 1.54) is 70.6 Å². The fourth-order valence-electron chi connectivity index (χ4n) is 8.50. The maximum absolute atomic E-state index is 12.8. The Morgan fingerprint density at radius 3 is 0.795 bits per heavy atom. The second-order valence-corrected chi connectivity index (χ2v) is 21.3.